The molecular formula is C19H15N3O2. The van der Waals surface area contributed by atoms with E-state index in [1.54, 1.807) is 35.1 Å². The lowest BCUT2D eigenvalue weighted by Crippen LogP contribution is -2.07. The average molecular weight is 317 g/mol. The quantitative estimate of drug-likeness (QED) is 0.544. The molecule has 1 aromatic heterocycles. The van der Waals surface area contributed by atoms with Crippen molar-refractivity contribution in [2.75, 3.05) is 0 Å². The molecule has 3 rings (SSSR count). The fraction of sp³-hybridized carbons (Fsp3) is 0.105. The Bertz CT molecular complexity index is 888. The topological polar surface area (TPSA) is 67.9 Å². The van der Waals surface area contributed by atoms with Crippen molar-refractivity contribution in [3.05, 3.63) is 72.1 Å². The second-order valence-electron chi connectivity index (χ2n) is 5.19. The van der Waals surface area contributed by atoms with E-state index in [0.717, 1.165) is 11.1 Å². The van der Waals surface area contributed by atoms with Crippen molar-refractivity contribution in [3.63, 3.8) is 0 Å². The smallest absolute Gasteiger partial charge is 0.346 e. The molecule has 0 bridgehead atoms. The van der Waals surface area contributed by atoms with Crippen LogP contribution in [-0.4, -0.2) is 15.7 Å². The van der Waals surface area contributed by atoms with Gasteiger partial charge in [0.15, 0.2) is 0 Å². The Hall–Kier alpha value is -3.39. The monoisotopic (exact) mass is 317 g/mol. The van der Waals surface area contributed by atoms with Crippen LogP contribution in [0.15, 0.2) is 60.9 Å². The van der Waals surface area contributed by atoms with Crippen LogP contribution in [-0.2, 0) is 6.54 Å². The van der Waals surface area contributed by atoms with Gasteiger partial charge in [0.2, 0.25) is 0 Å². The van der Waals surface area contributed by atoms with Gasteiger partial charge in [0.25, 0.3) is 0 Å². The van der Waals surface area contributed by atoms with Gasteiger partial charge >= 0.3 is 5.97 Å². The highest BCUT2D eigenvalue weighted by Gasteiger charge is 2.11. The Morgan fingerprint density at radius 2 is 1.75 bits per heavy atom. The highest BCUT2D eigenvalue weighted by molar-refractivity contribution is 5.90. The molecule has 0 aliphatic rings. The molecule has 5 heteroatoms. The molecule has 24 heavy (non-hydrogen) atoms. The number of carbonyl (C=O) groups excluding carboxylic acids is 1. The zero-order chi connectivity index (χ0) is 16.9. The van der Waals surface area contributed by atoms with Crippen molar-refractivity contribution in [1.82, 2.24) is 9.78 Å². The van der Waals surface area contributed by atoms with Gasteiger partial charge in [-0.1, -0.05) is 24.3 Å². The number of nitriles is 1. The summed E-state index contributed by atoms with van der Waals surface area (Å²) in [4.78, 5) is 12.1. The van der Waals surface area contributed by atoms with Crippen molar-refractivity contribution >= 4 is 5.97 Å². The first-order valence-corrected chi connectivity index (χ1v) is 7.55. The summed E-state index contributed by atoms with van der Waals surface area (Å²) in [6, 6.07) is 16.7. The highest BCUT2D eigenvalue weighted by Crippen LogP contribution is 2.23. The molecule has 0 aliphatic heterocycles. The van der Waals surface area contributed by atoms with Crippen molar-refractivity contribution in [1.29, 1.82) is 5.26 Å². The summed E-state index contributed by atoms with van der Waals surface area (Å²) in [5.74, 6) is 0.0440. The summed E-state index contributed by atoms with van der Waals surface area (Å²) >= 11 is 0. The Kier molecular flexibility index (Phi) is 4.39. The van der Waals surface area contributed by atoms with Crippen molar-refractivity contribution in [2.24, 2.45) is 0 Å². The molecule has 0 fully saturated rings. The molecule has 0 aliphatic carbocycles. The van der Waals surface area contributed by atoms with E-state index in [1.807, 2.05) is 31.2 Å². The average Bonchev–Trinajstić information content (AvgIpc) is 3.12. The fourth-order valence-corrected chi connectivity index (χ4v) is 2.26. The summed E-state index contributed by atoms with van der Waals surface area (Å²) in [7, 11) is 0. The summed E-state index contributed by atoms with van der Waals surface area (Å²) in [6.45, 7) is 2.65. The summed E-state index contributed by atoms with van der Waals surface area (Å²) < 4.78 is 7.02. The molecule has 0 atom stereocenters. The molecule has 0 unspecified atom stereocenters. The predicted octanol–water partition coefficient (Wildman–Crippen LogP) is 3.66. The number of ether oxygens (including phenoxy) is 1. The standard InChI is InChI=1S/C19H15N3O2/c1-2-22-13-17(12-21-22)19(23)24-18-9-7-16(8-10-18)15-5-3-14(11-20)4-6-15/h3-10,12-13H,2H2,1H3. The van der Waals surface area contributed by atoms with Gasteiger partial charge < -0.3 is 4.74 Å². The maximum Gasteiger partial charge on any atom is 0.346 e. The largest absolute Gasteiger partial charge is 0.423 e. The Morgan fingerprint density at radius 3 is 2.29 bits per heavy atom. The highest BCUT2D eigenvalue weighted by atomic mass is 16.5. The van der Waals surface area contributed by atoms with Crippen LogP contribution in [0, 0.1) is 11.3 Å². The van der Waals surface area contributed by atoms with Gasteiger partial charge in [0, 0.05) is 12.7 Å². The molecule has 0 saturated carbocycles. The van der Waals surface area contributed by atoms with Gasteiger partial charge in [-0.05, 0) is 42.3 Å². The molecule has 0 saturated heterocycles. The third-order valence-electron chi connectivity index (χ3n) is 3.61. The minimum atomic E-state index is -0.430. The summed E-state index contributed by atoms with van der Waals surface area (Å²) in [5.41, 5.74) is 3.03. The van der Waals surface area contributed by atoms with Gasteiger partial charge in [-0.2, -0.15) is 10.4 Å². The third kappa shape index (κ3) is 3.33. The van der Waals surface area contributed by atoms with Crippen LogP contribution in [0.25, 0.3) is 11.1 Å². The lowest BCUT2D eigenvalue weighted by Gasteiger charge is -2.05. The predicted molar refractivity (Wildman–Crippen MR) is 89.5 cm³/mol. The molecule has 118 valence electrons. The van der Waals surface area contributed by atoms with E-state index in [4.69, 9.17) is 10.00 Å². The second kappa shape index (κ2) is 6.80. The molecule has 5 nitrogen and oxygen atoms in total. The third-order valence-corrected chi connectivity index (χ3v) is 3.61. The second-order valence-corrected chi connectivity index (χ2v) is 5.19. The molecule has 0 amide bonds. The lowest BCUT2D eigenvalue weighted by atomic mass is 10.0. The summed E-state index contributed by atoms with van der Waals surface area (Å²) in [5, 5.41) is 12.9. The van der Waals surface area contributed by atoms with E-state index in [-0.39, 0.29) is 0 Å². The number of carbonyl (C=O) groups is 1. The van der Waals surface area contributed by atoms with E-state index >= 15 is 0 Å². The van der Waals surface area contributed by atoms with E-state index in [9.17, 15) is 4.79 Å². The molecule has 2 aromatic carbocycles. The maximum absolute atomic E-state index is 12.1. The van der Waals surface area contributed by atoms with E-state index in [0.29, 0.717) is 23.4 Å². The first kappa shape index (κ1) is 15.5. The van der Waals surface area contributed by atoms with Crippen LogP contribution in [0.1, 0.15) is 22.8 Å². The molecule has 1 heterocycles. The molecule has 0 spiro atoms. The van der Waals surface area contributed by atoms with Crippen LogP contribution in [0.4, 0.5) is 0 Å². The van der Waals surface area contributed by atoms with Gasteiger partial charge in [-0.25, -0.2) is 4.79 Å². The van der Waals surface area contributed by atoms with E-state index in [2.05, 4.69) is 11.2 Å². The minimum Gasteiger partial charge on any atom is -0.423 e. The Balaban J connectivity index is 1.72. The first-order valence-electron chi connectivity index (χ1n) is 7.55. The SMILES string of the molecule is CCn1cc(C(=O)Oc2ccc(-c3ccc(C#N)cc3)cc2)cn1. The number of hydrogen-bond donors (Lipinski definition) is 0. The minimum absolute atomic E-state index is 0.424. The van der Waals surface area contributed by atoms with Crippen LogP contribution in [0.5, 0.6) is 5.75 Å². The van der Waals surface area contributed by atoms with Crippen LogP contribution in [0.3, 0.4) is 0 Å². The Morgan fingerprint density at radius 1 is 1.12 bits per heavy atom. The van der Waals surface area contributed by atoms with Crippen molar-refractivity contribution < 1.29 is 9.53 Å². The molecule has 3 aromatic rings. The Labute approximate surface area is 139 Å². The number of esters is 1. The van der Waals surface area contributed by atoms with E-state index < -0.39 is 5.97 Å². The summed E-state index contributed by atoms with van der Waals surface area (Å²) in [6.07, 6.45) is 3.16. The van der Waals surface area contributed by atoms with Crippen LogP contribution in [0.2, 0.25) is 0 Å². The van der Waals surface area contributed by atoms with Gasteiger partial charge in [-0.3, -0.25) is 4.68 Å². The fourth-order valence-electron chi connectivity index (χ4n) is 2.26. The zero-order valence-electron chi connectivity index (χ0n) is 13.1. The molecule has 0 N–H and O–H groups in total. The number of rotatable bonds is 4. The number of nitrogens with zero attached hydrogens (tertiary/aromatic N) is 3. The van der Waals surface area contributed by atoms with Gasteiger partial charge in [0.1, 0.15) is 5.75 Å². The number of hydrogen-bond acceptors (Lipinski definition) is 4. The molecule has 0 radical (unpaired) electrons. The van der Waals surface area contributed by atoms with Gasteiger partial charge in [-0.15, -0.1) is 0 Å². The zero-order valence-corrected chi connectivity index (χ0v) is 13.1. The van der Waals surface area contributed by atoms with Crippen molar-refractivity contribution in [3.8, 4) is 22.9 Å². The maximum atomic E-state index is 12.1. The van der Waals surface area contributed by atoms with Crippen LogP contribution < -0.4 is 4.74 Å². The number of aryl methyl sites for hydroxylation is 1. The van der Waals surface area contributed by atoms with E-state index in [1.165, 1.54) is 6.20 Å². The van der Waals surface area contributed by atoms with Crippen LogP contribution >= 0.6 is 0 Å². The molecular weight excluding hydrogens is 302 g/mol. The lowest BCUT2D eigenvalue weighted by molar-refractivity contribution is 0.0734. The number of benzene rings is 2. The van der Waals surface area contributed by atoms with Crippen molar-refractivity contribution in [2.45, 2.75) is 13.5 Å². The van der Waals surface area contributed by atoms with Gasteiger partial charge in [0.05, 0.1) is 23.4 Å². The number of aromatic nitrogens is 2. The normalized spacial score (nSPS) is 10.2. The first-order chi connectivity index (χ1) is 11.7.